The van der Waals surface area contributed by atoms with Crippen molar-refractivity contribution in [3.8, 4) is 22.7 Å². The van der Waals surface area contributed by atoms with Gasteiger partial charge in [0.05, 0.1) is 29.6 Å². The summed E-state index contributed by atoms with van der Waals surface area (Å²) in [7, 11) is 1.68. The van der Waals surface area contributed by atoms with Crippen molar-refractivity contribution >= 4 is 5.91 Å². The maximum atomic E-state index is 14.1. The minimum atomic E-state index is -0.431. The van der Waals surface area contributed by atoms with Gasteiger partial charge in [-0.05, 0) is 49.6 Å². The molecule has 0 radical (unpaired) electrons. The SMILES string of the molecule is COc1cccc(C2(NC(=O)c3c(-c4ccccc4)nn(-c4ccccc4)c3C)CCCCC2)c1. The normalized spacial score (nSPS) is 14.9. The maximum Gasteiger partial charge on any atom is 0.256 e. The first-order valence-electron chi connectivity index (χ1n) is 12.3. The molecule has 3 aromatic carbocycles. The topological polar surface area (TPSA) is 56.1 Å². The second-order valence-corrected chi connectivity index (χ2v) is 9.25. The summed E-state index contributed by atoms with van der Waals surface area (Å²) < 4.78 is 7.37. The van der Waals surface area contributed by atoms with Crippen molar-refractivity contribution in [3.05, 3.63) is 102 Å². The van der Waals surface area contributed by atoms with Gasteiger partial charge in [-0.2, -0.15) is 5.10 Å². The van der Waals surface area contributed by atoms with Crippen molar-refractivity contribution in [1.82, 2.24) is 15.1 Å². The Bertz CT molecular complexity index is 1310. The third-order valence-electron chi connectivity index (χ3n) is 7.07. The zero-order valence-electron chi connectivity index (χ0n) is 20.3. The van der Waals surface area contributed by atoms with E-state index in [9.17, 15) is 4.79 Å². The van der Waals surface area contributed by atoms with Gasteiger partial charge < -0.3 is 10.1 Å². The molecule has 5 heteroatoms. The van der Waals surface area contributed by atoms with Crippen molar-refractivity contribution in [2.75, 3.05) is 7.11 Å². The van der Waals surface area contributed by atoms with Crippen molar-refractivity contribution in [3.63, 3.8) is 0 Å². The summed E-state index contributed by atoms with van der Waals surface area (Å²) in [5.74, 6) is 0.716. The molecule has 1 saturated carbocycles. The molecule has 178 valence electrons. The van der Waals surface area contributed by atoms with Crippen LogP contribution >= 0.6 is 0 Å². The van der Waals surface area contributed by atoms with Crippen LogP contribution in [0.1, 0.15) is 53.7 Å². The molecule has 1 aromatic heterocycles. The van der Waals surface area contributed by atoms with Crippen LogP contribution in [0.15, 0.2) is 84.9 Å². The molecule has 1 heterocycles. The van der Waals surface area contributed by atoms with Crippen molar-refractivity contribution in [1.29, 1.82) is 0 Å². The number of methoxy groups -OCH3 is 1. The van der Waals surface area contributed by atoms with Crippen LogP contribution in [0.5, 0.6) is 5.75 Å². The van der Waals surface area contributed by atoms with Gasteiger partial charge in [-0.15, -0.1) is 0 Å². The van der Waals surface area contributed by atoms with Crippen LogP contribution in [-0.4, -0.2) is 22.8 Å². The first-order chi connectivity index (χ1) is 17.1. The quantitative estimate of drug-likeness (QED) is 0.356. The van der Waals surface area contributed by atoms with Crippen LogP contribution < -0.4 is 10.1 Å². The second kappa shape index (κ2) is 9.79. The minimum Gasteiger partial charge on any atom is -0.497 e. The molecular weight excluding hydrogens is 434 g/mol. The summed E-state index contributed by atoms with van der Waals surface area (Å²) in [6.45, 7) is 1.97. The highest BCUT2D eigenvalue weighted by molar-refractivity contribution is 6.01. The molecule has 1 aliphatic carbocycles. The van der Waals surface area contributed by atoms with Crippen LogP contribution in [-0.2, 0) is 5.54 Å². The fraction of sp³-hybridized carbons (Fsp3) is 0.267. The largest absolute Gasteiger partial charge is 0.497 e. The van der Waals surface area contributed by atoms with Crippen molar-refractivity contribution < 1.29 is 9.53 Å². The van der Waals surface area contributed by atoms with E-state index in [1.165, 1.54) is 6.42 Å². The number of amides is 1. The first-order valence-corrected chi connectivity index (χ1v) is 12.3. The average molecular weight is 466 g/mol. The fourth-order valence-electron chi connectivity index (χ4n) is 5.23. The predicted octanol–water partition coefficient (Wildman–Crippen LogP) is 6.45. The fourth-order valence-corrected chi connectivity index (χ4v) is 5.23. The number of nitrogens with zero attached hydrogens (tertiary/aromatic N) is 2. The number of carbonyl (C=O) groups excluding carboxylic acids is 1. The minimum absolute atomic E-state index is 0.0896. The summed E-state index contributed by atoms with van der Waals surface area (Å²) in [6, 6.07) is 28.0. The molecular formula is C30H31N3O2. The Morgan fingerprint density at radius 3 is 2.29 bits per heavy atom. The Labute approximate surface area is 206 Å². The van der Waals surface area contributed by atoms with Crippen LogP contribution in [0.25, 0.3) is 16.9 Å². The lowest BCUT2D eigenvalue weighted by atomic mass is 9.76. The van der Waals surface area contributed by atoms with Crippen LogP contribution in [0.4, 0.5) is 0 Å². The van der Waals surface area contributed by atoms with E-state index < -0.39 is 5.54 Å². The number of nitrogens with one attached hydrogen (secondary N) is 1. The number of ether oxygens (including phenoxy) is 1. The van der Waals surface area contributed by atoms with Crippen molar-refractivity contribution in [2.45, 2.75) is 44.6 Å². The van der Waals surface area contributed by atoms with Gasteiger partial charge in [0.15, 0.2) is 0 Å². The predicted molar refractivity (Wildman–Crippen MR) is 139 cm³/mol. The van der Waals surface area contributed by atoms with Crippen molar-refractivity contribution in [2.24, 2.45) is 0 Å². The number of benzene rings is 3. The van der Waals surface area contributed by atoms with Gasteiger partial charge in [0.25, 0.3) is 5.91 Å². The monoisotopic (exact) mass is 465 g/mol. The highest BCUT2D eigenvalue weighted by atomic mass is 16.5. The molecule has 35 heavy (non-hydrogen) atoms. The second-order valence-electron chi connectivity index (χ2n) is 9.25. The third kappa shape index (κ3) is 4.46. The molecule has 1 amide bonds. The van der Waals surface area contributed by atoms with Crippen LogP contribution in [0.3, 0.4) is 0 Å². The maximum absolute atomic E-state index is 14.1. The molecule has 1 aliphatic rings. The standard InChI is InChI=1S/C30H31N3O2/c1-22-27(28(23-13-6-3-7-14-23)32-33(22)25-16-8-4-9-17-25)29(34)31-30(19-10-5-11-20-30)24-15-12-18-26(21-24)35-2/h3-4,6-9,12-18,21H,5,10-11,19-20H2,1-2H3,(H,31,34). The number of aromatic nitrogens is 2. The summed E-state index contributed by atoms with van der Waals surface area (Å²) in [6.07, 6.45) is 5.13. The molecule has 5 rings (SSSR count). The highest BCUT2D eigenvalue weighted by Crippen LogP contribution is 2.39. The molecule has 0 bridgehead atoms. The van der Waals surface area contributed by atoms with Gasteiger partial charge in [0.1, 0.15) is 11.4 Å². The number of rotatable bonds is 6. The molecule has 4 aromatic rings. The summed E-state index contributed by atoms with van der Waals surface area (Å²) >= 11 is 0. The van der Waals surface area contributed by atoms with E-state index in [0.717, 1.165) is 53.9 Å². The van der Waals surface area contributed by atoms with Gasteiger partial charge in [-0.1, -0.05) is 79.9 Å². The number of hydrogen-bond acceptors (Lipinski definition) is 3. The smallest absolute Gasteiger partial charge is 0.256 e. The van der Waals surface area contributed by atoms with Gasteiger partial charge in [0, 0.05) is 5.56 Å². The third-order valence-corrected chi connectivity index (χ3v) is 7.07. The van der Waals surface area contributed by atoms with E-state index in [2.05, 4.69) is 17.4 Å². The molecule has 0 spiro atoms. The Morgan fingerprint density at radius 1 is 0.914 bits per heavy atom. The lowest BCUT2D eigenvalue weighted by Gasteiger charge is -2.39. The average Bonchev–Trinajstić information content (AvgIpc) is 3.27. The Morgan fingerprint density at radius 2 is 1.60 bits per heavy atom. The van der Waals surface area contributed by atoms with Crippen LogP contribution in [0, 0.1) is 6.92 Å². The molecule has 5 nitrogen and oxygen atoms in total. The zero-order chi connectivity index (χ0) is 24.3. The van der Waals surface area contributed by atoms with Gasteiger partial charge in [-0.25, -0.2) is 4.68 Å². The summed E-state index contributed by atoms with van der Waals surface area (Å²) in [5.41, 5.74) is 4.66. The molecule has 0 saturated heterocycles. The van der Waals surface area contributed by atoms with E-state index in [1.807, 2.05) is 84.4 Å². The van der Waals surface area contributed by atoms with E-state index in [-0.39, 0.29) is 5.91 Å². The Hall–Kier alpha value is -3.86. The van der Waals surface area contributed by atoms with E-state index >= 15 is 0 Å². The summed E-state index contributed by atoms with van der Waals surface area (Å²) in [5, 5.41) is 8.41. The number of para-hydroxylation sites is 1. The van der Waals surface area contributed by atoms with E-state index in [1.54, 1.807) is 7.11 Å². The van der Waals surface area contributed by atoms with Gasteiger partial charge in [-0.3, -0.25) is 4.79 Å². The van der Waals surface area contributed by atoms with E-state index in [0.29, 0.717) is 11.3 Å². The Kier molecular flexibility index (Phi) is 6.41. The Balaban J connectivity index is 1.60. The molecule has 1 N–H and O–H groups in total. The lowest BCUT2D eigenvalue weighted by Crippen LogP contribution is -2.47. The molecule has 1 fully saturated rings. The highest BCUT2D eigenvalue weighted by Gasteiger charge is 2.37. The van der Waals surface area contributed by atoms with Gasteiger partial charge in [0.2, 0.25) is 0 Å². The molecule has 0 aliphatic heterocycles. The van der Waals surface area contributed by atoms with Gasteiger partial charge >= 0.3 is 0 Å². The lowest BCUT2D eigenvalue weighted by molar-refractivity contribution is 0.0866. The molecule has 0 unspecified atom stereocenters. The van der Waals surface area contributed by atoms with E-state index in [4.69, 9.17) is 9.84 Å². The first kappa shape index (κ1) is 22.9. The summed E-state index contributed by atoms with van der Waals surface area (Å²) in [4.78, 5) is 14.1. The van der Waals surface area contributed by atoms with Crippen LogP contribution in [0.2, 0.25) is 0 Å². The molecule has 0 atom stereocenters. The zero-order valence-corrected chi connectivity index (χ0v) is 20.3. The number of carbonyl (C=O) groups is 1. The number of hydrogen-bond donors (Lipinski definition) is 1.